The maximum Gasteiger partial charge on any atom is 0.335 e. The first kappa shape index (κ1) is 22.9. The first-order valence-corrected chi connectivity index (χ1v) is 11.1. The predicted molar refractivity (Wildman–Crippen MR) is 129 cm³/mol. The quantitative estimate of drug-likeness (QED) is 0.344. The van der Waals surface area contributed by atoms with Crippen LogP contribution in [0.5, 0.6) is 0 Å². The molecule has 0 bridgehead atoms. The van der Waals surface area contributed by atoms with Gasteiger partial charge in [-0.2, -0.15) is 0 Å². The first-order chi connectivity index (χ1) is 15.8. The predicted octanol–water partition coefficient (Wildman–Crippen LogP) is 5.81. The SMILES string of the molecule is Cc1c(Cl)cccc1N1C(=O)NC(=O)/C(=C\c2ccc(Cc3ccccc3F)c(Br)c2)C1=O. The van der Waals surface area contributed by atoms with Crippen molar-refractivity contribution in [1.82, 2.24) is 5.32 Å². The Morgan fingerprint density at radius 1 is 1.03 bits per heavy atom. The van der Waals surface area contributed by atoms with E-state index in [0.29, 0.717) is 38.3 Å². The van der Waals surface area contributed by atoms with Crippen LogP contribution < -0.4 is 10.2 Å². The Labute approximate surface area is 203 Å². The van der Waals surface area contributed by atoms with Crippen LogP contribution in [-0.2, 0) is 16.0 Å². The van der Waals surface area contributed by atoms with E-state index in [4.69, 9.17) is 11.6 Å². The number of anilines is 1. The lowest BCUT2D eigenvalue weighted by Crippen LogP contribution is -2.54. The number of carbonyl (C=O) groups is 3. The van der Waals surface area contributed by atoms with Gasteiger partial charge in [0.2, 0.25) is 0 Å². The zero-order chi connectivity index (χ0) is 23.7. The molecule has 0 aromatic heterocycles. The van der Waals surface area contributed by atoms with Crippen LogP contribution in [0.25, 0.3) is 6.08 Å². The highest BCUT2D eigenvalue weighted by atomic mass is 79.9. The summed E-state index contributed by atoms with van der Waals surface area (Å²) < 4.78 is 14.7. The molecular weight excluding hydrogens is 511 g/mol. The van der Waals surface area contributed by atoms with Crippen LogP contribution >= 0.6 is 27.5 Å². The minimum atomic E-state index is -0.839. The van der Waals surface area contributed by atoms with Gasteiger partial charge in [-0.25, -0.2) is 14.1 Å². The van der Waals surface area contributed by atoms with E-state index in [-0.39, 0.29) is 11.4 Å². The molecule has 0 unspecified atom stereocenters. The van der Waals surface area contributed by atoms with Crippen molar-refractivity contribution in [3.63, 3.8) is 0 Å². The summed E-state index contributed by atoms with van der Waals surface area (Å²) in [7, 11) is 0. The molecule has 8 heteroatoms. The highest BCUT2D eigenvalue weighted by molar-refractivity contribution is 9.10. The fourth-order valence-corrected chi connectivity index (χ4v) is 4.23. The number of imide groups is 2. The molecule has 33 heavy (non-hydrogen) atoms. The Bertz CT molecular complexity index is 1340. The molecule has 1 N–H and O–H groups in total. The average molecular weight is 528 g/mol. The van der Waals surface area contributed by atoms with Gasteiger partial charge in [-0.1, -0.05) is 63.9 Å². The van der Waals surface area contributed by atoms with Crippen molar-refractivity contribution in [2.75, 3.05) is 4.90 Å². The van der Waals surface area contributed by atoms with E-state index in [1.165, 1.54) is 12.1 Å². The van der Waals surface area contributed by atoms with Crippen molar-refractivity contribution in [1.29, 1.82) is 0 Å². The maximum absolute atomic E-state index is 14.0. The number of rotatable bonds is 4. The summed E-state index contributed by atoms with van der Waals surface area (Å²) in [5.74, 6) is -1.82. The third-order valence-corrected chi connectivity index (χ3v) is 6.46. The van der Waals surface area contributed by atoms with Gasteiger partial charge in [0.1, 0.15) is 11.4 Å². The van der Waals surface area contributed by atoms with Crippen LogP contribution in [0, 0.1) is 12.7 Å². The number of amides is 4. The Morgan fingerprint density at radius 3 is 2.52 bits per heavy atom. The van der Waals surface area contributed by atoms with Crippen LogP contribution in [0.15, 0.2) is 70.7 Å². The normalized spacial score (nSPS) is 15.2. The lowest BCUT2D eigenvalue weighted by atomic mass is 10.0. The van der Waals surface area contributed by atoms with Crippen molar-refractivity contribution in [3.05, 3.63) is 104 Å². The minimum Gasteiger partial charge on any atom is -0.273 e. The Hall–Kier alpha value is -3.29. The topological polar surface area (TPSA) is 66.5 Å². The van der Waals surface area contributed by atoms with Gasteiger partial charge < -0.3 is 0 Å². The summed E-state index contributed by atoms with van der Waals surface area (Å²) in [5, 5.41) is 2.60. The zero-order valence-corrected chi connectivity index (χ0v) is 19.7. The fraction of sp³-hybridized carbons (Fsp3) is 0.0800. The second-order valence-corrected chi connectivity index (χ2v) is 8.72. The molecule has 5 nitrogen and oxygen atoms in total. The van der Waals surface area contributed by atoms with E-state index in [2.05, 4.69) is 21.2 Å². The molecule has 0 spiro atoms. The van der Waals surface area contributed by atoms with Gasteiger partial charge in [0.15, 0.2) is 0 Å². The number of benzene rings is 3. The number of nitrogens with one attached hydrogen (secondary N) is 1. The van der Waals surface area contributed by atoms with Gasteiger partial charge in [-0.15, -0.1) is 0 Å². The molecule has 1 heterocycles. The van der Waals surface area contributed by atoms with Gasteiger partial charge in [0.25, 0.3) is 11.8 Å². The zero-order valence-electron chi connectivity index (χ0n) is 17.4. The molecule has 3 aromatic rings. The molecule has 3 aromatic carbocycles. The van der Waals surface area contributed by atoms with Crippen molar-refractivity contribution in [2.45, 2.75) is 13.3 Å². The molecule has 0 aliphatic carbocycles. The molecule has 1 saturated heterocycles. The Morgan fingerprint density at radius 2 is 1.79 bits per heavy atom. The van der Waals surface area contributed by atoms with E-state index in [0.717, 1.165) is 10.5 Å². The molecule has 0 radical (unpaired) electrons. The van der Waals surface area contributed by atoms with Crippen LogP contribution in [0.3, 0.4) is 0 Å². The van der Waals surface area contributed by atoms with Crippen LogP contribution in [0.1, 0.15) is 22.3 Å². The summed E-state index contributed by atoms with van der Waals surface area (Å²) in [6.07, 6.45) is 1.79. The van der Waals surface area contributed by atoms with Crippen molar-refractivity contribution in [3.8, 4) is 0 Å². The second kappa shape index (κ2) is 9.29. The van der Waals surface area contributed by atoms with Crippen LogP contribution in [-0.4, -0.2) is 17.8 Å². The van der Waals surface area contributed by atoms with Gasteiger partial charge in [-0.3, -0.25) is 14.9 Å². The van der Waals surface area contributed by atoms with E-state index in [1.54, 1.807) is 61.5 Å². The highest BCUT2D eigenvalue weighted by Gasteiger charge is 2.37. The van der Waals surface area contributed by atoms with Gasteiger partial charge in [0, 0.05) is 15.9 Å². The van der Waals surface area contributed by atoms with E-state index in [9.17, 15) is 18.8 Å². The molecule has 4 amide bonds. The lowest BCUT2D eigenvalue weighted by molar-refractivity contribution is -0.122. The number of halogens is 3. The lowest BCUT2D eigenvalue weighted by Gasteiger charge is -2.27. The Kier molecular flexibility index (Phi) is 6.44. The third kappa shape index (κ3) is 4.60. The molecule has 0 atom stereocenters. The van der Waals surface area contributed by atoms with Crippen LogP contribution in [0.2, 0.25) is 5.02 Å². The van der Waals surface area contributed by atoms with E-state index < -0.39 is 17.8 Å². The maximum atomic E-state index is 14.0. The smallest absolute Gasteiger partial charge is 0.273 e. The molecule has 1 aliphatic heterocycles. The molecule has 1 aliphatic rings. The number of hydrogen-bond donors (Lipinski definition) is 1. The van der Waals surface area contributed by atoms with E-state index >= 15 is 0 Å². The second-order valence-electron chi connectivity index (χ2n) is 7.46. The summed E-state index contributed by atoms with van der Waals surface area (Å²) in [6.45, 7) is 1.68. The molecule has 1 fully saturated rings. The molecule has 4 rings (SSSR count). The van der Waals surface area contributed by atoms with Gasteiger partial charge in [-0.05, 0) is 59.5 Å². The molecule has 0 saturated carbocycles. The van der Waals surface area contributed by atoms with Gasteiger partial charge >= 0.3 is 6.03 Å². The number of carbonyl (C=O) groups excluding carboxylic acids is 3. The summed E-state index contributed by atoms with van der Waals surface area (Å²) in [6, 6.07) is 15.8. The number of urea groups is 1. The first-order valence-electron chi connectivity index (χ1n) is 9.94. The summed E-state index contributed by atoms with van der Waals surface area (Å²) >= 11 is 9.63. The largest absolute Gasteiger partial charge is 0.335 e. The van der Waals surface area contributed by atoms with E-state index in [1.807, 2.05) is 0 Å². The van der Waals surface area contributed by atoms with Crippen molar-refractivity contribution < 1.29 is 18.8 Å². The van der Waals surface area contributed by atoms with Crippen LogP contribution in [0.4, 0.5) is 14.9 Å². The summed E-state index contributed by atoms with van der Waals surface area (Å²) in [4.78, 5) is 38.9. The highest BCUT2D eigenvalue weighted by Crippen LogP contribution is 2.30. The standard InChI is InChI=1S/C25H17BrClFN2O3/c1-14-20(27)6-4-8-22(14)30-24(32)18(23(31)29-25(30)33)11-15-9-10-16(19(26)12-15)13-17-5-2-3-7-21(17)28/h2-12H,13H2,1H3,(H,29,31,33)/b18-11+. The Balaban J connectivity index is 1.66. The third-order valence-electron chi connectivity index (χ3n) is 5.31. The average Bonchev–Trinajstić information content (AvgIpc) is 2.77. The van der Waals surface area contributed by atoms with Crippen molar-refractivity contribution >= 4 is 57.1 Å². The fourth-order valence-electron chi connectivity index (χ4n) is 3.52. The van der Waals surface area contributed by atoms with Crippen molar-refractivity contribution in [2.24, 2.45) is 0 Å². The molecule has 166 valence electrons. The number of hydrogen-bond acceptors (Lipinski definition) is 3. The molecular formula is C25H17BrClFN2O3. The number of barbiturate groups is 1. The van der Waals surface area contributed by atoms with Gasteiger partial charge in [0.05, 0.1) is 5.69 Å². The summed E-state index contributed by atoms with van der Waals surface area (Å²) in [5.41, 5.74) is 2.60. The monoisotopic (exact) mass is 526 g/mol. The minimum absolute atomic E-state index is 0.192. The number of nitrogens with zero attached hydrogens (tertiary/aromatic N) is 1.